The number of alkyl halides is 2. The van der Waals surface area contributed by atoms with Crippen LogP contribution in [0.2, 0.25) is 0 Å². The summed E-state index contributed by atoms with van der Waals surface area (Å²) in [5.41, 5.74) is 1.11. The lowest BCUT2D eigenvalue weighted by atomic mass is 10.1. The van der Waals surface area contributed by atoms with Gasteiger partial charge in [-0.2, -0.15) is 0 Å². The predicted octanol–water partition coefficient (Wildman–Crippen LogP) is 2.79. The van der Waals surface area contributed by atoms with Crippen molar-refractivity contribution in [1.29, 1.82) is 0 Å². The van der Waals surface area contributed by atoms with Gasteiger partial charge >= 0.3 is 0 Å². The fourth-order valence-corrected chi connectivity index (χ4v) is 3.09. The molecule has 1 aromatic carbocycles. The lowest BCUT2D eigenvalue weighted by molar-refractivity contribution is -0.120. The number of rotatable bonds is 5. The standard InChI is InChI=1S/C14H17Br2NO2/c15-13(11-4-2-1-3-5-11)14(16)12(18)10-17-6-8-19-9-7-17/h1-5,13-14H,6-10H2/t13-,14-/m0/s1. The van der Waals surface area contributed by atoms with Gasteiger partial charge in [0.1, 0.15) is 0 Å². The average Bonchev–Trinajstić information content (AvgIpc) is 2.47. The Morgan fingerprint density at radius 3 is 2.47 bits per heavy atom. The van der Waals surface area contributed by atoms with Crippen molar-refractivity contribution in [2.24, 2.45) is 0 Å². The third kappa shape index (κ3) is 4.38. The highest BCUT2D eigenvalue weighted by molar-refractivity contribution is 9.12. The molecular weight excluding hydrogens is 374 g/mol. The lowest BCUT2D eigenvalue weighted by Gasteiger charge is -2.27. The molecule has 2 atom stereocenters. The molecule has 5 heteroatoms. The van der Waals surface area contributed by atoms with E-state index >= 15 is 0 Å². The number of nitrogens with zero attached hydrogens (tertiary/aromatic N) is 1. The first-order chi connectivity index (χ1) is 9.18. The quantitative estimate of drug-likeness (QED) is 0.724. The number of hydrogen-bond acceptors (Lipinski definition) is 3. The van der Waals surface area contributed by atoms with Gasteiger partial charge in [0.2, 0.25) is 0 Å². The molecule has 0 unspecified atom stereocenters. The number of carbonyl (C=O) groups excluding carboxylic acids is 1. The van der Waals surface area contributed by atoms with Crippen LogP contribution in [0.3, 0.4) is 0 Å². The van der Waals surface area contributed by atoms with E-state index in [-0.39, 0.29) is 15.4 Å². The molecule has 0 N–H and O–H groups in total. The monoisotopic (exact) mass is 389 g/mol. The van der Waals surface area contributed by atoms with E-state index in [1.807, 2.05) is 30.3 Å². The van der Waals surface area contributed by atoms with Gasteiger partial charge in [-0.3, -0.25) is 9.69 Å². The molecule has 1 aliphatic heterocycles. The van der Waals surface area contributed by atoms with E-state index in [1.165, 1.54) is 0 Å². The van der Waals surface area contributed by atoms with Gasteiger partial charge < -0.3 is 4.74 Å². The van der Waals surface area contributed by atoms with E-state index < -0.39 is 0 Å². The van der Waals surface area contributed by atoms with E-state index in [4.69, 9.17) is 4.74 Å². The summed E-state index contributed by atoms with van der Waals surface area (Å²) < 4.78 is 5.28. The number of ether oxygens (including phenoxy) is 1. The Hall–Kier alpha value is -0.230. The van der Waals surface area contributed by atoms with Crippen molar-refractivity contribution >= 4 is 37.6 Å². The molecule has 104 valence electrons. The van der Waals surface area contributed by atoms with Crippen molar-refractivity contribution in [3.8, 4) is 0 Å². The average molecular weight is 391 g/mol. The van der Waals surface area contributed by atoms with Crippen LogP contribution in [0.5, 0.6) is 0 Å². The molecule has 0 bridgehead atoms. The number of carbonyl (C=O) groups is 1. The summed E-state index contributed by atoms with van der Waals surface area (Å²) in [6, 6.07) is 9.99. The zero-order valence-electron chi connectivity index (χ0n) is 10.6. The second-order valence-corrected chi connectivity index (χ2v) is 6.54. The molecule has 0 saturated carbocycles. The maximum atomic E-state index is 12.3. The van der Waals surface area contributed by atoms with Gasteiger partial charge in [0.25, 0.3) is 0 Å². The molecule has 0 aliphatic carbocycles. The van der Waals surface area contributed by atoms with Crippen molar-refractivity contribution in [1.82, 2.24) is 4.90 Å². The Labute approximate surface area is 130 Å². The minimum absolute atomic E-state index is 0.00207. The minimum atomic E-state index is -0.210. The number of benzene rings is 1. The van der Waals surface area contributed by atoms with E-state index in [0.29, 0.717) is 6.54 Å². The van der Waals surface area contributed by atoms with Crippen molar-refractivity contribution in [2.45, 2.75) is 9.65 Å². The predicted molar refractivity (Wildman–Crippen MR) is 83.1 cm³/mol. The first kappa shape index (κ1) is 15.2. The molecule has 19 heavy (non-hydrogen) atoms. The summed E-state index contributed by atoms with van der Waals surface area (Å²) in [6.07, 6.45) is 0. The van der Waals surface area contributed by atoms with Gasteiger partial charge in [-0.15, -0.1) is 0 Å². The highest BCUT2D eigenvalue weighted by Crippen LogP contribution is 2.31. The smallest absolute Gasteiger partial charge is 0.161 e. The zero-order valence-corrected chi connectivity index (χ0v) is 13.8. The Morgan fingerprint density at radius 1 is 1.21 bits per heavy atom. The highest BCUT2D eigenvalue weighted by atomic mass is 79.9. The zero-order chi connectivity index (χ0) is 13.7. The topological polar surface area (TPSA) is 29.5 Å². The maximum absolute atomic E-state index is 12.3. The van der Waals surface area contributed by atoms with Crippen LogP contribution in [0.1, 0.15) is 10.4 Å². The number of hydrogen-bond donors (Lipinski definition) is 0. The molecule has 1 heterocycles. The maximum Gasteiger partial charge on any atom is 0.161 e. The van der Waals surface area contributed by atoms with E-state index in [9.17, 15) is 4.79 Å². The fraction of sp³-hybridized carbons (Fsp3) is 0.500. The highest BCUT2D eigenvalue weighted by Gasteiger charge is 2.26. The molecule has 0 amide bonds. The summed E-state index contributed by atoms with van der Waals surface area (Å²) in [5, 5.41) is 0. The Bertz CT molecular complexity index is 407. The normalized spacial score (nSPS) is 19.9. The Balaban J connectivity index is 1.91. The number of ketones is 1. The summed E-state index contributed by atoms with van der Waals surface area (Å²) in [4.78, 5) is 14.2. The van der Waals surface area contributed by atoms with Crippen LogP contribution in [-0.4, -0.2) is 48.4 Å². The molecule has 1 fully saturated rings. The van der Waals surface area contributed by atoms with Crippen LogP contribution in [-0.2, 0) is 9.53 Å². The van der Waals surface area contributed by atoms with Crippen molar-refractivity contribution in [3.05, 3.63) is 35.9 Å². The largest absolute Gasteiger partial charge is 0.379 e. The third-order valence-electron chi connectivity index (χ3n) is 3.17. The van der Waals surface area contributed by atoms with E-state index in [1.54, 1.807) is 0 Å². The molecular formula is C14H17Br2NO2. The minimum Gasteiger partial charge on any atom is -0.379 e. The van der Waals surface area contributed by atoms with Crippen molar-refractivity contribution in [2.75, 3.05) is 32.8 Å². The molecule has 0 radical (unpaired) electrons. The van der Waals surface area contributed by atoms with Gasteiger partial charge in [-0.25, -0.2) is 0 Å². The first-order valence-corrected chi connectivity index (χ1v) is 8.17. The lowest BCUT2D eigenvalue weighted by Crippen LogP contribution is -2.41. The van der Waals surface area contributed by atoms with Gasteiger partial charge in [-0.05, 0) is 5.56 Å². The number of halogens is 2. The van der Waals surface area contributed by atoms with Crippen molar-refractivity contribution in [3.63, 3.8) is 0 Å². The van der Waals surface area contributed by atoms with Gasteiger partial charge in [-0.1, -0.05) is 62.2 Å². The van der Waals surface area contributed by atoms with Crippen LogP contribution in [0, 0.1) is 0 Å². The molecule has 1 aliphatic rings. The first-order valence-electron chi connectivity index (χ1n) is 6.34. The SMILES string of the molecule is O=C(CN1CCOCC1)[C@H](Br)[C@@H](Br)c1ccccc1. The number of Topliss-reactive ketones (excluding diaryl/α,β-unsaturated/α-hetero) is 1. The molecule has 2 rings (SSSR count). The molecule has 1 aromatic rings. The van der Waals surface area contributed by atoms with Crippen molar-refractivity contribution < 1.29 is 9.53 Å². The van der Waals surface area contributed by atoms with Crippen LogP contribution < -0.4 is 0 Å². The molecule has 0 spiro atoms. The molecule has 3 nitrogen and oxygen atoms in total. The number of morpholine rings is 1. The Morgan fingerprint density at radius 2 is 1.84 bits per heavy atom. The molecule has 1 saturated heterocycles. The van der Waals surface area contributed by atoms with Gasteiger partial charge in [0.15, 0.2) is 5.78 Å². The van der Waals surface area contributed by atoms with E-state index in [2.05, 4.69) is 36.8 Å². The van der Waals surface area contributed by atoms with Crippen LogP contribution >= 0.6 is 31.9 Å². The summed E-state index contributed by atoms with van der Waals surface area (Å²) in [7, 11) is 0. The van der Waals surface area contributed by atoms with E-state index in [0.717, 1.165) is 31.9 Å². The van der Waals surface area contributed by atoms with Crippen LogP contribution in [0.25, 0.3) is 0 Å². The second-order valence-electron chi connectivity index (χ2n) is 4.57. The fourth-order valence-electron chi connectivity index (χ4n) is 2.04. The van der Waals surface area contributed by atoms with Crippen LogP contribution in [0.15, 0.2) is 30.3 Å². The summed E-state index contributed by atoms with van der Waals surface area (Å²) >= 11 is 7.12. The summed E-state index contributed by atoms with van der Waals surface area (Å²) in [5.74, 6) is 0.202. The van der Waals surface area contributed by atoms with Crippen LogP contribution in [0.4, 0.5) is 0 Å². The van der Waals surface area contributed by atoms with Gasteiger partial charge in [0.05, 0.1) is 29.4 Å². The third-order valence-corrected chi connectivity index (χ3v) is 5.97. The summed E-state index contributed by atoms with van der Waals surface area (Å²) in [6.45, 7) is 3.59. The Kier molecular flexibility index (Phi) is 6.01. The molecule has 0 aromatic heterocycles. The second kappa shape index (κ2) is 7.53. The van der Waals surface area contributed by atoms with Gasteiger partial charge in [0, 0.05) is 13.1 Å².